The maximum Gasteiger partial charge on any atom is 0.410 e. The monoisotopic (exact) mass is 222 g/mol. The van der Waals surface area contributed by atoms with Crippen molar-refractivity contribution in [1.82, 2.24) is 9.80 Å². The van der Waals surface area contributed by atoms with Gasteiger partial charge in [0.15, 0.2) is 0 Å². The highest BCUT2D eigenvalue weighted by Crippen LogP contribution is 2.11. The minimum absolute atomic E-state index is 0.114. The van der Waals surface area contributed by atoms with E-state index in [-0.39, 0.29) is 11.4 Å². The van der Waals surface area contributed by atoms with Crippen molar-refractivity contribution < 1.29 is 20.5 Å². The molecule has 1 aliphatic heterocycles. The molecule has 0 aromatic carbocycles. The van der Waals surface area contributed by atoms with Crippen LogP contribution < -0.4 is 0 Å². The highest BCUT2D eigenvalue weighted by molar-refractivity contribution is 5.68. The average Bonchev–Trinajstić information content (AvgIpc) is 2.23. The van der Waals surface area contributed by atoms with Crippen LogP contribution in [0, 0.1) is 0 Å². The van der Waals surface area contributed by atoms with Gasteiger partial charge in [0.1, 0.15) is 5.60 Å². The van der Waals surface area contributed by atoms with Crippen molar-refractivity contribution in [3.8, 4) is 0 Å². The van der Waals surface area contributed by atoms with Crippen LogP contribution in [0.4, 0.5) is 4.79 Å². The summed E-state index contributed by atoms with van der Waals surface area (Å²) in [7, 11) is 0. The zero-order valence-corrected chi connectivity index (χ0v) is 9.42. The molecular weight excluding hydrogens is 192 g/mol. The zero-order valence-electron chi connectivity index (χ0n) is 17.4. The Balaban J connectivity index is 3.52. The van der Waals surface area contributed by atoms with E-state index in [1.54, 1.807) is 0 Å². The molecule has 0 spiro atoms. The van der Waals surface area contributed by atoms with Crippen LogP contribution in [-0.2, 0) is 4.74 Å². The minimum atomic E-state index is -3.15. The van der Waals surface area contributed by atoms with E-state index in [9.17, 15) is 4.79 Å². The number of carbonyl (C=O) groups is 1. The van der Waals surface area contributed by atoms with E-state index in [0.29, 0.717) is 4.90 Å². The Kier molecular flexibility index (Phi) is 1.62. The summed E-state index contributed by atoms with van der Waals surface area (Å²) in [5.74, 6) is 0. The van der Waals surface area contributed by atoms with Crippen molar-refractivity contribution in [3.63, 3.8) is 0 Å². The minimum Gasteiger partial charge on any atom is -0.444 e. The van der Waals surface area contributed by atoms with Crippen molar-refractivity contribution in [2.24, 2.45) is 0 Å². The molecule has 0 aromatic heterocycles. The van der Waals surface area contributed by atoms with Crippen LogP contribution in [-0.4, -0.2) is 54.0 Å². The first-order valence-electron chi connectivity index (χ1n) is 8.75. The second-order valence-corrected chi connectivity index (χ2v) is 4.01. The van der Waals surface area contributed by atoms with Gasteiger partial charge in [-0.05, 0) is 27.3 Å². The van der Waals surface area contributed by atoms with Gasteiger partial charge in [0.25, 0.3) is 0 Å². The van der Waals surface area contributed by atoms with Crippen LogP contribution in [0.5, 0.6) is 0 Å². The van der Waals surface area contributed by atoms with Gasteiger partial charge in [0.2, 0.25) is 0 Å². The molecule has 1 aliphatic rings. The van der Waals surface area contributed by atoms with Gasteiger partial charge in [-0.2, -0.15) is 0 Å². The van der Waals surface area contributed by atoms with E-state index in [4.69, 9.17) is 15.7 Å². The number of ether oxygens (including phenoxy) is 1. The molecular formula is C11H22N2O2. The van der Waals surface area contributed by atoms with Crippen LogP contribution in [0.2, 0.25) is 0 Å². The number of piperazine rings is 1. The second-order valence-electron chi connectivity index (χ2n) is 4.01. The van der Waals surface area contributed by atoms with E-state index in [1.165, 1.54) is 27.7 Å². The lowest BCUT2D eigenvalue weighted by Gasteiger charge is -2.35. The fourth-order valence-corrected chi connectivity index (χ4v) is 0.834. The number of likely N-dealkylation sites (N-methyl/N-ethyl adjacent to an activating group) is 1. The Morgan fingerprint density at radius 3 is 2.27 bits per heavy atom. The van der Waals surface area contributed by atoms with Gasteiger partial charge < -0.3 is 14.5 Å². The molecule has 4 nitrogen and oxygen atoms in total. The standard InChI is InChI=1S/C11H22N2O2/c1-5-12-6-8-13(9-7-12)10(14)15-11(2,3)4/h5-9H2,1-4H3/i6D2,7D2,8D2,9D2. The molecule has 0 atom stereocenters. The lowest BCUT2D eigenvalue weighted by molar-refractivity contribution is 0.0149. The summed E-state index contributed by atoms with van der Waals surface area (Å²) >= 11 is 0. The largest absolute Gasteiger partial charge is 0.444 e. The van der Waals surface area contributed by atoms with Gasteiger partial charge in [-0.1, -0.05) is 6.92 Å². The fraction of sp³-hybridized carbons (Fsp3) is 0.909. The Morgan fingerprint density at radius 2 is 1.87 bits per heavy atom. The third-order valence-electron chi connectivity index (χ3n) is 1.49. The lowest BCUT2D eigenvalue weighted by Crippen LogP contribution is -2.49. The molecule has 0 unspecified atom stereocenters. The fourth-order valence-electron chi connectivity index (χ4n) is 0.834. The van der Waals surface area contributed by atoms with Crippen LogP contribution >= 0.6 is 0 Å². The van der Waals surface area contributed by atoms with E-state index in [1.807, 2.05) is 0 Å². The van der Waals surface area contributed by atoms with Crippen molar-refractivity contribution in [3.05, 3.63) is 0 Å². The molecule has 0 saturated carbocycles. The zero-order chi connectivity index (χ0) is 18.6. The normalized spacial score (nSPS) is 40.4. The Morgan fingerprint density at radius 1 is 1.33 bits per heavy atom. The Hall–Kier alpha value is -0.770. The predicted molar refractivity (Wildman–Crippen MR) is 59.9 cm³/mol. The van der Waals surface area contributed by atoms with E-state index in [0.717, 1.165) is 0 Å². The van der Waals surface area contributed by atoms with Crippen LogP contribution in [0.3, 0.4) is 0 Å². The Bertz CT molecular complexity index is 461. The summed E-state index contributed by atoms with van der Waals surface area (Å²) in [6, 6.07) is 0. The summed E-state index contributed by atoms with van der Waals surface area (Å²) in [6.45, 7) is -6.68. The number of hydrogen-bond acceptors (Lipinski definition) is 3. The maximum atomic E-state index is 12.3. The van der Waals surface area contributed by atoms with E-state index < -0.39 is 37.7 Å². The van der Waals surface area contributed by atoms with E-state index >= 15 is 0 Å². The van der Waals surface area contributed by atoms with E-state index in [2.05, 4.69) is 0 Å². The molecule has 0 aromatic rings. The van der Waals surface area contributed by atoms with Crippen molar-refractivity contribution in [2.75, 3.05) is 32.5 Å². The van der Waals surface area contributed by atoms with Crippen molar-refractivity contribution in [1.29, 1.82) is 0 Å². The summed E-state index contributed by atoms with van der Waals surface area (Å²) in [4.78, 5) is 12.6. The molecule has 1 fully saturated rings. The number of hydrogen-bond donors (Lipinski definition) is 0. The van der Waals surface area contributed by atoms with Gasteiger partial charge >= 0.3 is 6.09 Å². The second kappa shape index (κ2) is 4.84. The number of nitrogens with zero attached hydrogens (tertiary/aromatic N) is 2. The van der Waals surface area contributed by atoms with Crippen LogP contribution in [0.15, 0.2) is 0 Å². The number of rotatable bonds is 1. The van der Waals surface area contributed by atoms with Crippen LogP contribution in [0.25, 0.3) is 0 Å². The first kappa shape index (κ1) is 5.04. The lowest BCUT2D eigenvalue weighted by atomic mass is 10.2. The smallest absolute Gasteiger partial charge is 0.410 e. The first-order valence-corrected chi connectivity index (χ1v) is 4.75. The summed E-state index contributed by atoms with van der Waals surface area (Å²) in [5.41, 5.74) is -1.08. The molecule has 1 rings (SSSR count). The van der Waals surface area contributed by atoms with Crippen LogP contribution in [0.1, 0.15) is 38.7 Å². The molecule has 4 heteroatoms. The highest BCUT2D eigenvalue weighted by Gasteiger charge is 2.24. The summed E-state index contributed by atoms with van der Waals surface area (Å²) in [5, 5.41) is 0. The molecule has 1 saturated heterocycles. The van der Waals surface area contributed by atoms with Crippen molar-refractivity contribution >= 4 is 6.09 Å². The molecule has 88 valence electrons. The van der Waals surface area contributed by atoms with Gasteiger partial charge in [0, 0.05) is 31.5 Å². The maximum absolute atomic E-state index is 12.3. The highest BCUT2D eigenvalue weighted by atomic mass is 16.6. The Labute approximate surface area is 103 Å². The molecule has 0 bridgehead atoms. The molecule has 0 N–H and O–H groups in total. The quantitative estimate of drug-likeness (QED) is 0.675. The average molecular weight is 222 g/mol. The molecule has 15 heavy (non-hydrogen) atoms. The molecule has 0 radical (unpaired) electrons. The molecule has 1 heterocycles. The van der Waals surface area contributed by atoms with Gasteiger partial charge in [0.05, 0.1) is 5.48 Å². The third kappa shape index (κ3) is 4.08. The molecule has 0 aliphatic carbocycles. The van der Waals surface area contributed by atoms with Gasteiger partial charge in [-0.3, -0.25) is 0 Å². The first-order chi connectivity index (χ1) is 9.94. The van der Waals surface area contributed by atoms with Gasteiger partial charge in [-0.15, -0.1) is 0 Å². The number of carbonyl (C=O) groups excluding carboxylic acids is 1. The van der Waals surface area contributed by atoms with Gasteiger partial charge in [-0.25, -0.2) is 4.79 Å². The SMILES string of the molecule is [2H]C1([2H])N(CC)C([2H])([2H])C([2H])([2H])N(C(=O)OC(C)(C)C)C1([2H])[2H]. The predicted octanol–water partition coefficient (Wildman–Crippen LogP) is 1.56. The summed E-state index contributed by atoms with van der Waals surface area (Å²) < 4.78 is 68.5. The third-order valence-corrected chi connectivity index (χ3v) is 1.49. The topological polar surface area (TPSA) is 32.8 Å². The summed E-state index contributed by atoms with van der Waals surface area (Å²) in [6.07, 6.45) is -1.46. The van der Waals surface area contributed by atoms with Crippen molar-refractivity contribution in [2.45, 2.75) is 33.3 Å². The molecule has 1 amide bonds. The number of amides is 1.